The molecule has 19 heavy (non-hydrogen) atoms. The summed E-state index contributed by atoms with van der Waals surface area (Å²) in [5.74, 6) is 0.169. The zero-order chi connectivity index (χ0) is 13.5. The maximum atomic E-state index is 12.1. The molecule has 1 aromatic carbocycles. The lowest BCUT2D eigenvalue weighted by atomic mass is 10.3. The summed E-state index contributed by atoms with van der Waals surface area (Å²) in [6.07, 6.45) is 1.91. The van der Waals surface area contributed by atoms with Gasteiger partial charge < -0.3 is 10.2 Å². The Balaban J connectivity index is 1.74. The number of carbonyl (C=O) groups excluding carboxylic acids is 1. The molecule has 1 aliphatic rings. The van der Waals surface area contributed by atoms with Gasteiger partial charge in [-0.1, -0.05) is 24.3 Å². The summed E-state index contributed by atoms with van der Waals surface area (Å²) >= 11 is 0. The molecular weight excluding hydrogens is 238 g/mol. The van der Waals surface area contributed by atoms with E-state index in [1.54, 1.807) is 0 Å². The van der Waals surface area contributed by atoms with E-state index in [4.69, 9.17) is 0 Å². The van der Waals surface area contributed by atoms with E-state index in [0.717, 1.165) is 38.4 Å². The van der Waals surface area contributed by atoms with Gasteiger partial charge in [0, 0.05) is 38.4 Å². The predicted molar refractivity (Wildman–Crippen MR) is 78.1 cm³/mol. The average molecular weight is 259 g/mol. The number of amides is 1. The van der Waals surface area contributed by atoms with Crippen molar-refractivity contribution in [1.82, 2.24) is 9.80 Å². The molecule has 102 valence electrons. The molecule has 4 nitrogen and oxygen atoms in total. The first-order chi connectivity index (χ1) is 9.29. The Morgan fingerprint density at radius 2 is 1.89 bits per heavy atom. The first-order valence-corrected chi connectivity index (χ1v) is 6.69. The fraction of sp³-hybridized carbons (Fsp3) is 0.400. The highest BCUT2D eigenvalue weighted by Gasteiger charge is 2.19. The van der Waals surface area contributed by atoms with E-state index in [9.17, 15) is 4.79 Å². The average Bonchev–Trinajstić information content (AvgIpc) is 2.47. The number of nitrogens with one attached hydrogen (secondary N) is 1. The molecule has 4 heteroatoms. The van der Waals surface area contributed by atoms with Crippen LogP contribution >= 0.6 is 0 Å². The van der Waals surface area contributed by atoms with Crippen molar-refractivity contribution in [3.8, 4) is 0 Å². The van der Waals surface area contributed by atoms with Gasteiger partial charge in [-0.25, -0.2) is 0 Å². The number of benzene rings is 1. The van der Waals surface area contributed by atoms with Crippen molar-refractivity contribution >= 4 is 11.6 Å². The Morgan fingerprint density at radius 1 is 1.21 bits per heavy atom. The van der Waals surface area contributed by atoms with Gasteiger partial charge in [0.05, 0.1) is 6.54 Å². The lowest BCUT2D eigenvalue weighted by Crippen LogP contribution is -2.50. The Kier molecular flexibility index (Phi) is 4.98. The van der Waals surface area contributed by atoms with E-state index in [1.807, 2.05) is 41.3 Å². The number of hydrogen-bond donors (Lipinski definition) is 1. The fourth-order valence-electron chi connectivity index (χ4n) is 2.21. The van der Waals surface area contributed by atoms with Crippen LogP contribution in [0.4, 0.5) is 5.69 Å². The van der Waals surface area contributed by atoms with Crippen LogP contribution in [0.1, 0.15) is 0 Å². The molecule has 0 atom stereocenters. The highest BCUT2D eigenvalue weighted by Crippen LogP contribution is 2.06. The molecule has 0 unspecified atom stereocenters. The van der Waals surface area contributed by atoms with E-state index >= 15 is 0 Å². The number of para-hydroxylation sites is 1. The minimum atomic E-state index is 0.169. The van der Waals surface area contributed by atoms with Crippen molar-refractivity contribution in [2.75, 3.05) is 44.6 Å². The summed E-state index contributed by atoms with van der Waals surface area (Å²) in [6.45, 7) is 8.50. The maximum Gasteiger partial charge on any atom is 0.241 e. The quantitative estimate of drug-likeness (QED) is 0.813. The largest absolute Gasteiger partial charge is 0.376 e. The molecule has 1 aromatic rings. The summed E-state index contributed by atoms with van der Waals surface area (Å²) in [7, 11) is 0. The molecule has 0 saturated carbocycles. The third-order valence-electron chi connectivity index (χ3n) is 3.33. The lowest BCUT2D eigenvalue weighted by Gasteiger charge is -2.34. The van der Waals surface area contributed by atoms with Crippen molar-refractivity contribution in [2.45, 2.75) is 0 Å². The Labute approximate surface area is 114 Å². The van der Waals surface area contributed by atoms with E-state index in [2.05, 4.69) is 16.8 Å². The molecule has 0 aromatic heterocycles. The van der Waals surface area contributed by atoms with Gasteiger partial charge in [-0.05, 0) is 12.1 Å². The van der Waals surface area contributed by atoms with E-state index in [1.165, 1.54) is 0 Å². The second-order valence-corrected chi connectivity index (χ2v) is 4.69. The number of hydrogen-bond acceptors (Lipinski definition) is 3. The number of rotatable bonds is 5. The molecule has 1 saturated heterocycles. The van der Waals surface area contributed by atoms with Crippen molar-refractivity contribution in [2.24, 2.45) is 0 Å². The standard InChI is InChI=1S/C15H21N3O/c1-2-8-17-9-11-18(12-10-17)15(19)13-16-14-6-4-3-5-7-14/h2-7,16H,1,8-13H2. The van der Waals surface area contributed by atoms with Crippen LogP contribution in [0.15, 0.2) is 43.0 Å². The van der Waals surface area contributed by atoms with E-state index < -0.39 is 0 Å². The molecule has 1 heterocycles. The summed E-state index contributed by atoms with van der Waals surface area (Å²) in [6, 6.07) is 9.82. The highest BCUT2D eigenvalue weighted by molar-refractivity contribution is 5.81. The van der Waals surface area contributed by atoms with Gasteiger partial charge in [0.1, 0.15) is 0 Å². The van der Waals surface area contributed by atoms with Crippen molar-refractivity contribution < 1.29 is 4.79 Å². The van der Waals surface area contributed by atoms with Gasteiger partial charge >= 0.3 is 0 Å². The van der Waals surface area contributed by atoms with Crippen molar-refractivity contribution in [3.05, 3.63) is 43.0 Å². The molecule has 0 bridgehead atoms. The van der Waals surface area contributed by atoms with Crippen LogP contribution in [-0.2, 0) is 4.79 Å². The van der Waals surface area contributed by atoms with Crippen LogP contribution in [0, 0.1) is 0 Å². The monoisotopic (exact) mass is 259 g/mol. The molecule has 1 fully saturated rings. The van der Waals surface area contributed by atoms with Crippen molar-refractivity contribution in [1.29, 1.82) is 0 Å². The van der Waals surface area contributed by atoms with Crippen LogP contribution < -0.4 is 5.32 Å². The molecule has 1 aliphatic heterocycles. The Morgan fingerprint density at radius 3 is 2.53 bits per heavy atom. The summed E-state index contributed by atoms with van der Waals surface area (Å²) in [5.41, 5.74) is 0.987. The molecule has 2 rings (SSSR count). The summed E-state index contributed by atoms with van der Waals surface area (Å²) < 4.78 is 0. The minimum absolute atomic E-state index is 0.169. The number of piperazine rings is 1. The Bertz CT molecular complexity index is 411. The lowest BCUT2D eigenvalue weighted by molar-refractivity contribution is -0.130. The van der Waals surface area contributed by atoms with Crippen molar-refractivity contribution in [3.63, 3.8) is 0 Å². The molecule has 1 amide bonds. The minimum Gasteiger partial charge on any atom is -0.376 e. The van der Waals surface area contributed by atoms with Gasteiger partial charge in [-0.3, -0.25) is 9.69 Å². The topological polar surface area (TPSA) is 35.6 Å². The van der Waals surface area contributed by atoms with Crippen LogP contribution in [0.2, 0.25) is 0 Å². The third kappa shape index (κ3) is 4.10. The molecule has 0 aliphatic carbocycles. The van der Waals surface area contributed by atoms with Gasteiger partial charge in [0.25, 0.3) is 0 Å². The summed E-state index contributed by atoms with van der Waals surface area (Å²) in [5, 5.41) is 3.16. The second kappa shape index (κ2) is 6.95. The first kappa shape index (κ1) is 13.6. The van der Waals surface area contributed by atoms with Gasteiger partial charge in [-0.15, -0.1) is 6.58 Å². The van der Waals surface area contributed by atoms with Gasteiger partial charge in [0.2, 0.25) is 5.91 Å². The summed E-state index contributed by atoms with van der Waals surface area (Å²) in [4.78, 5) is 16.3. The normalized spacial score (nSPS) is 16.1. The highest BCUT2D eigenvalue weighted by atomic mass is 16.2. The SMILES string of the molecule is C=CCN1CCN(C(=O)CNc2ccccc2)CC1. The third-order valence-corrected chi connectivity index (χ3v) is 3.33. The van der Waals surface area contributed by atoms with Gasteiger partial charge in [0.15, 0.2) is 0 Å². The van der Waals surface area contributed by atoms with Gasteiger partial charge in [-0.2, -0.15) is 0 Å². The van der Waals surface area contributed by atoms with Crippen LogP contribution in [0.3, 0.4) is 0 Å². The molecular formula is C15H21N3O. The zero-order valence-electron chi connectivity index (χ0n) is 11.2. The number of carbonyl (C=O) groups is 1. The maximum absolute atomic E-state index is 12.1. The number of anilines is 1. The van der Waals surface area contributed by atoms with Crippen LogP contribution in [-0.4, -0.2) is 55.0 Å². The van der Waals surface area contributed by atoms with E-state index in [0.29, 0.717) is 6.54 Å². The molecule has 1 N–H and O–H groups in total. The number of nitrogens with zero attached hydrogens (tertiary/aromatic N) is 2. The zero-order valence-corrected chi connectivity index (χ0v) is 11.2. The molecule has 0 radical (unpaired) electrons. The first-order valence-electron chi connectivity index (χ1n) is 6.69. The van der Waals surface area contributed by atoms with Crippen LogP contribution in [0.25, 0.3) is 0 Å². The fourth-order valence-corrected chi connectivity index (χ4v) is 2.21. The Hall–Kier alpha value is -1.81. The molecule has 0 spiro atoms. The predicted octanol–water partition coefficient (Wildman–Crippen LogP) is 1.43. The smallest absolute Gasteiger partial charge is 0.241 e. The van der Waals surface area contributed by atoms with E-state index in [-0.39, 0.29) is 5.91 Å². The second-order valence-electron chi connectivity index (χ2n) is 4.69. The van der Waals surface area contributed by atoms with Crippen LogP contribution in [0.5, 0.6) is 0 Å².